The fourth-order valence-corrected chi connectivity index (χ4v) is 2.25. The Labute approximate surface area is 128 Å². The third-order valence-corrected chi connectivity index (χ3v) is 3.40. The second-order valence-corrected chi connectivity index (χ2v) is 4.92. The highest BCUT2D eigenvalue weighted by atomic mass is 19.4. The normalized spacial score (nSPS) is 11.3. The number of alkyl halides is 3. The van der Waals surface area contributed by atoms with E-state index in [9.17, 15) is 13.2 Å². The molecular weight excluding hydrogens is 289 g/mol. The molecule has 0 radical (unpaired) electrons. The summed E-state index contributed by atoms with van der Waals surface area (Å²) >= 11 is 0. The molecule has 0 spiro atoms. The van der Waals surface area contributed by atoms with Crippen LogP contribution in [-0.4, -0.2) is 19.6 Å². The van der Waals surface area contributed by atoms with Crippen molar-refractivity contribution in [2.75, 3.05) is 29.9 Å². The molecule has 0 aliphatic rings. The van der Waals surface area contributed by atoms with E-state index < -0.39 is 11.7 Å². The molecule has 0 amide bonds. The molecular formula is C17H19F3N2. The summed E-state index contributed by atoms with van der Waals surface area (Å²) in [6.45, 7) is 4.19. The highest BCUT2D eigenvalue weighted by molar-refractivity contribution is 5.48. The third-order valence-electron chi connectivity index (χ3n) is 3.40. The molecule has 118 valence electrons. The van der Waals surface area contributed by atoms with E-state index in [2.05, 4.69) is 17.1 Å². The van der Waals surface area contributed by atoms with Crippen LogP contribution in [0.2, 0.25) is 0 Å². The number of anilines is 2. The Morgan fingerprint density at radius 2 is 1.73 bits per heavy atom. The molecule has 0 aliphatic carbocycles. The van der Waals surface area contributed by atoms with Crippen LogP contribution < -0.4 is 10.2 Å². The minimum atomic E-state index is -4.31. The molecule has 0 aromatic heterocycles. The Morgan fingerprint density at radius 1 is 1.00 bits per heavy atom. The summed E-state index contributed by atoms with van der Waals surface area (Å²) in [5, 5.41) is 3.05. The average Bonchev–Trinajstić information content (AvgIpc) is 2.52. The van der Waals surface area contributed by atoms with Crippen LogP contribution in [0.5, 0.6) is 0 Å². The maximum Gasteiger partial charge on any atom is 0.416 e. The predicted molar refractivity (Wildman–Crippen MR) is 84.3 cm³/mol. The Bertz CT molecular complexity index is 582. The number of nitrogens with one attached hydrogen (secondary N) is 1. The lowest BCUT2D eigenvalue weighted by molar-refractivity contribution is -0.137. The highest BCUT2D eigenvalue weighted by Crippen LogP contribution is 2.30. The second kappa shape index (κ2) is 7.20. The van der Waals surface area contributed by atoms with E-state index >= 15 is 0 Å². The van der Waals surface area contributed by atoms with Gasteiger partial charge in [-0.1, -0.05) is 24.3 Å². The van der Waals surface area contributed by atoms with Crippen LogP contribution in [0.1, 0.15) is 12.5 Å². The Morgan fingerprint density at radius 3 is 2.36 bits per heavy atom. The number of hydrogen-bond donors (Lipinski definition) is 1. The van der Waals surface area contributed by atoms with Gasteiger partial charge in [-0.05, 0) is 37.3 Å². The van der Waals surface area contributed by atoms with Crippen LogP contribution in [0, 0.1) is 0 Å². The molecule has 1 N–H and O–H groups in total. The van der Waals surface area contributed by atoms with Gasteiger partial charge in [-0.25, -0.2) is 0 Å². The predicted octanol–water partition coefficient (Wildman–Crippen LogP) is 4.64. The number of benzene rings is 2. The zero-order valence-electron chi connectivity index (χ0n) is 12.4. The molecule has 0 saturated heterocycles. The smallest absolute Gasteiger partial charge is 0.383 e. The molecule has 0 fully saturated rings. The van der Waals surface area contributed by atoms with Gasteiger partial charge in [0.05, 0.1) is 5.56 Å². The first-order valence-electron chi connectivity index (χ1n) is 7.22. The summed E-state index contributed by atoms with van der Waals surface area (Å²) in [5.41, 5.74) is 0.961. The molecule has 0 atom stereocenters. The number of para-hydroxylation sites is 1. The van der Waals surface area contributed by atoms with Crippen LogP contribution in [0.25, 0.3) is 0 Å². The van der Waals surface area contributed by atoms with Gasteiger partial charge in [-0.2, -0.15) is 13.2 Å². The third kappa shape index (κ3) is 4.41. The summed E-state index contributed by atoms with van der Waals surface area (Å²) in [5.74, 6) is 0. The molecule has 2 aromatic rings. The quantitative estimate of drug-likeness (QED) is 0.836. The molecule has 5 heteroatoms. The van der Waals surface area contributed by atoms with Crippen molar-refractivity contribution < 1.29 is 13.2 Å². The molecule has 22 heavy (non-hydrogen) atoms. The topological polar surface area (TPSA) is 15.3 Å². The molecule has 2 rings (SSSR count). The summed E-state index contributed by atoms with van der Waals surface area (Å²) < 4.78 is 38.0. The van der Waals surface area contributed by atoms with Crippen LogP contribution >= 0.6 is 0 Å². The van der Waals surface area contributed by atoms with Crippen molar-refractivity contribution >= 4 is 11.4 Å². The Balaban J connectivity index is 1.93. The Kier molecular flexibility index (Phi) is 5.31. The molecule has 0 unspecified atom stereocenters. The molecule has 0 aliphatic heterocycles. The fourth-order valence-electron chi connectivity index (χ4n) is 2.25. The maximum absolute atomic E-state index is 12.7. The van der Waals surface area contributed by atoms with Crippen molar-refractivity contribution in [3.05, 3.63) is 60.2 Å². The van der Waals surface area contributed by atoms with Gasteiger partial charge < -0.3 is 10.2 Å². The van der Waals surface area contributed by atoms with Gasteiger partial charge in [-0.3, -0.25) is 0 Å². The lowest BCUT2D eigenvalue weighted by Crippen LogP contribution is -2.28. The summed E-state index contributed by atoms with van der Waals surface area (Å²) in [6, 6.07) is 15.2. The van der Waals surface area contributed by atoms with Crippen molar-refractivity contribution in [3.8, 4) is 0 Å². The second-order valence-electron chi connectivity index (χ2n) is 4.92. The van der Waals surface area contributed by atoms with E-state index in [1.807, 2.05) is 30.3 Å². The van der Waals surface area contributed by atoms with Crippen molar-refractivity contribution in [3.63, 3.8) is 0 Å². The van der Waals surface area contributed by atoms with E-state index in [-0.39, 0.29) is 0 Å². The van der Waals surface area contributed by atoms with Crippen molar-refractivity contribution in [2.45, 2.75) is 13.1 Å². The first-order chi connectivity index (χ1) is 10.5. The maximum atomic E-state index is 12.7. The van der Waals surface area contributed by atoms with Crippen LogP contribution in [0.3, 0.4) is 0 Å². The van der Waals surface area contributed by atoms with Gasteiger partial charge in [0.15, 0.2) is 0 Å². The highest BCUT2D eigenvalue weighted by Gasteiger charge is 2.30. The number of halogens is 3. The van der Waals surface area contributed by atoms with Crippen LogP contribution in [0.15, 0.2) is 54.6 Å². The first kappa shape index (κ1) is 16.2. The standard InChI is InChI=1S/C17H19F3N2/c1-2-22(16-9-4-3-5-10-16)12-11-21-15-8-6-7-14(13-15)17(18,19)20/h3-10,13,21H,2,11-12H2,1H3. The SMILES string of the molecule is CCN(CCNc1cccc(C(F)(F)F)c1)c1ccccc1. The van der Waals surface area contributed by atoms with E-state index in [4.69, 9.17) is 0 Å². The molecule has 2 nitrogen and oxygen atoms in total. The summed E-state index contributed by atoms with van der Waals surface area (Å²) in [7, 11) is 0. The van der Waals surface area contributed by atoms with Gasteiger partial charge in [0.25, 0.3) is 0 Å². The van der Waals surface area contributed by atoms with Gasteiger partial charge in [-0.15, -0.1) is 0 Å². The number of rotatable bonds is 6. The zero-order chi connectivity index (χ0) is 16.0. The van der Waals surface area contributed by atoms with Gasteiger partial charge in [0.1, 0.15) is 0 Å². The molecule has 0 heterocycles. The summed E-state index contributed by atoms with van der Waals surface area (Å²) in [4.78, 5) is 2.17. The Hall–Kier alpha value is -2.17. The van der Waals surface area contributed by atoms with Crippen molar-refractivity contribution in [1.82, 2.24) is 0 Å². The molecule has 0 saturated carbocycles. The minimum absolute atomic E-state index is 0.485. The van der Waals surface area contributed by atoms with Gasteiger partial charge >= 0.3 is 6.18 Å². The average molecular weight is 308 g/mol. The van der Waals surface area contributed by atoms with E-state index in [0.717, 1.165) is 30.9 Å². The van der Waals surface area contributed by atoms with Crippen molar-refractivity contribution in [2.24, 2.45) is 0 Å². The van der Waals surface area contributed by atoms with Gasteiger partial charge in [0.2, 0.25) is 0 Å². The lowest BCUT2D eigenvalue weighted by Gasteiger charge is -2.23. The lowest BCUT2D eigenvalue weighted by atomic mass is 10.2. The first-order valence-corrected chi connectivity index (χ1v) is 7.22. The largest absolute Gasteiger partial charge is 0.416 e. The fraction of sp³-hybridized carbons (Fsp3) is 0.294. The number of likely N-dealkylation sites (N-methyl/N-ethyl adjacent to an activating group) is 1. The zero-order valence-corrected chi connectivity index (χ0v) is 12.4. The van der Waals surface area contributed by atoms with Crippen LogP contribution in [-0.2, 0) is 6.18 Å². The van der Waals surface area contributed by atoms with E-state index in [0.29, 0.717) is 12.2 Å². The number of nitrogens with zero attached hydrogens (tertiary/aromatic N) is 1. The monoisotopic (exact) mass is 308 g/mol. The van der Waals surface area contributed by atoms with Crippen molar-refractivity contribution in [1.29, 1.82) is 0 Å². The molecule has 0 bridgehead atoms. The molecule has 2 aromatic carbocycles. The van der Waals surface area contributed by atoms with Crippen LogP contribution in [0.4, 0.5) is 24.5 Å². The van der Waals surface area contributed by atoms with E-state index in [1.165, 1.54) is 6.07 Å². The van der Waals surface area contributed by atoms with Gasteiger partial charge in [0, 0.05) is 31.0 Å². The number of hydrogen-bond acceptors (Lipinski definition) is 2. The summed E-state index contributed by atoms with van der Waals surface area (Å²) in [6.07, 6.45) is -4.31. The minimum Gasteiger partial charge on any atom is -0.383 e. The van der Waals surface area contributed by atoms with E-state index in [1.54, 1.807) is 6.07 Å².